The van der Waals surface area contributed by atoms with Crippen LogP contribution in [-0.4, -0.2) is 9.78 Å². The number of nitrogens with zero attached hydrogens (tertiary/aromatic N) is 2. The largest absolute Gasteiger partial charge is 0.465 e. The fourth-order valence-electron chi connectivity index (χ4n) is 2.14. The predicted molar refractivity (Wildman–Crippen MR) is 74.9 cm³/mol. The van der Waals surface area contributed by atoms with Crippen LogP contribution in [0.25, 0.3) is 0 Å². The lowest BCUT2D eigenvalue weighted by Crippen LogP contribution is -2.30. The van der Waals surface area contributed by atoms with Crippen LogP contribution in [0, 0.1) is 13.8 Å². The number of aromatic nitrogens is 2. The highest BCUT2D eigenvalue weighted by Crippen LogP contribution is 2.26. The van der Waals surface area contributed by atoms with E-state index in [9.17, 15) is 0 Å². The monoisotopic (exact) mass is 282 g/mol. The van der Waals surface area contributed by atoms with E-state index in [1.807, 2.05) is 37.6 Å². The molecule has 0 amide bonds. The van der Waals surface area contributed by atoms with E-state index in [0.717, 1.165) is 29.5 Å². The molecule has 5 nitrogen and oxygen atoms in total. The molecule has 0 bridgehead atoms. The van der Waals surface area contributed by atoms with Crippen molar-refractivity contribution in [2.75, 3.05) is 0 Å². The number of hydrazine groups is 1. The van der Waals surface area contributed by atoms with Crippen LogP contribution in [-0.2, 0) is 13.0 Å². The first-order valence-corrected chi connectivity index (χ1v) is 6.68. The molecule has 1 atom stereocenters. The second kappa shape index (κ2) is 5.77. The van der Waals surface area contributed by atoms with E-state index in [1.165, 1.54) is 0 Å². The summed E-state index contributed by atoms with van der Waals surface area (Å²) in [6.45, 7) is 6.62. The van der Waals surface area contributed by atoms with Crippen molar-refractivity contribution in [1.82, 2.24) is 15.2 Å². The van der Waals surface area contributed by atoms with Crippen LogP contribution < -0.4 is 11.3 Å². The number of rotatable bonds is 5. The van der Waals surface area contributed by atoms with Gasteiger partial charge in [0.2, 0.25) is 0 Å². The molecular formula is C13H19ClN4O. The number of nitrogens with two attached hydrogens (primary N) is 1. The molecule has 1 unspecified atom stereocenters. The van der Waals surface area contributed by atoms with E-state index < -0.39 is 0 Å². The maximum Gasteiger partial charge on any atom is 0.122 e. The summed E-state index contributed by atoms with van der Waals surface area (Å²) in [5.74, 6) is 7.29. The van der Waals surface area contributed by atoms with Gasteiger partial charge in [-0.05, 0) is 32.9 Å². The third kappa shape index (κ3) is 2.83. The highest BCUT2D eigenvalue weighted by atomic mass is 35.5. The lowest BCUT2D eigenvalue weighted by Gasteiger charge is -2.14. The van der Waals surface area contributed by atoms with Crippen molar-refractivity contribution >= 4 is 11.6 Å². The predicted octanol–water partition coefficient (Wildman–Crippen LogP) is 2.51. The standard InChI is InChI=1S/C13H19ClN4O/c1-4-18-11(13(14)9(3)17-18)7-10(16-15)12-6-5-8(2)19-12/h5-6,10,16H,4,7,15H2,1-3H3. The molecule has 104 valence electrons. The first-order valence-electron chi connectivity index (χ1n) is 6.31. The Labute approximate surface area is 117 Å². The van der Waals surface area contributed by atoms with Gasteiger partial charge in [0.25, 0.3) is 0 Å². The molecule has 0 aliphatic rings. The van der Waals surface area contributed by atoms with Gasteiger partial charge in [0.05, 0.1) is 22.5 Å². The van der Waals surface area contributed by atoms with Gasteiger partial charge in [0.15, 0.2) is 0 Å². The number of hydrogen-bond acceptors (Lipinski definition) is 4. The van der Waals surface area contributed by atoms with Crippen LogP contribution in [0.4, 0.5) is 0 Å². The van der Waals surface area contributed by atoms with E-state index in [2.05, 4.69) is 10.5 Å². The average molecular weight is 283 g/mol. The van der Waals surface area contributed by atoms with Crippen molar-refractivity contribution in [2.45, 2.75) is 39.8 Å². The van der Waals surface area contributed by atoms with E-state index in [-0.39, 0.29) is 6.04 Å². The van der Waals surface area contributed by atoms with Gasteiger partial charge < -0.3 is 4.42 Å². The second-order valence-corrected chi connectivity index (χ2v) is 4.91. The second-order valence-electron chi connectivity index (χ2n) is 4.53. The average Bonchev–Trinajstić information content (AvgIpc) is 2.93. The van der Waals surface area contributed by atoms with Crippen molar-refractivity contribution in [1.29, 1.82) is 0 Å². The maximum absolute atomic E-state index is 6.30. The Morgan fingerprint density at radius 3 is 2.74 bits per heavy atom. The molecule has 0 fully saturated rings. The minimum Gasteiger partial charge on any atom is -0.465 e. The van der Waals surface area contributed by atoms with Gasteiger partial charge in [-0.1, -0.05) is 11.6 Å². The van der Waals surface area contributed by atoms with E-state index in [1.54, 1.807) is 0 Å². The molecule has 0 aliphatic heterocycles. The highest BCUT2D eigenvalue weighted by Gasteiger charge is 2.20. The van der Waals surface area contributed by atoms with Crippen LogP contribution in [0.3, 0.4) is 0 Å². The first-order chi connectivity index (χ1) is 9.06. The molecule has 0 spiro atoms. The van der Waals surface area contributed by atoms with Crippen molar-refractivity contribution in [3.05, 3.63) is 40.1 Å². The van der Waals surface area contributed by atoms with Gasteiger partial charge in [-0.25, -0.2) is 5.43 Å². The lowest BCUT2D eigenvalue weighted by molar-refractivity contribution is 0.396. The quantitative estimate of drug-likeness (QED) is 0.653. The Morgan fingerprint density at radius 2 is 2.21 bits per heavy atom. The summed E-state index contributed by atoms with van der Waals surface area (Å²) in [4.78, 5) is 0. The third-order valence-corrected chi connectivity index (χ3v) is 3.65. The summed E-state index contributed by atoms with van der Waals surface area (Å²) in [6, 6.07) is 3.73. The minimum absolute atomic E-state index is 0.118. The molecule has 2 aromatic heterocycles. The van der Waals surface area contributed by atoms with Gasteiger partial charge in [-0.3, -0.25) is 10.5 Å². The topological polar surface area (TPSA) is 69.0 Å². The molecule has 19 heavy (non-hydrogen) atoms. The van der Waals surface area contributed by atoms with E-state index in [4.69, 9.17) is 21.9 Å². The van der Waals surface area contributed by atoms with E-state index in [0.29, 0.717) is 11.4 Å². The van der Waals surface area contributed by atoms with E-state index >= 15 is 0 Å². The SMILES string of the molecule is CCn1nc(C)c(Cl)c1CC(NN)c1ccc(C)o1. The number of furan rings is 1. The molecular weight excluding hydrogens is 264 g/mol. The minimum atomic E-state index is -0.118. The molecule has 0 aliphatic carbocycles. The summed E-state index contributed by atoms with van der Waals surface area (Å²) >= 11 is 6.30. The summed E-state index contributed by atoms with van der Waals surface area (Å²) in [5.41, 5.74) is 4.58. The van der Waals surface area contributed by atoms with Gasteiger partial charge in [-0.2, -0.15) is 5.10 Å². The summed E-state index contributed by atoms with van der Waals surface area (Å²) in [7, 11) is 0. The smallest absolute Gasteiger partial charge is 0.122 e. The molecule has 3 N–H and O–H groups in total. The van der Waals surface area contributed by atoms with Gasteiger partial charge in [-0.15, -0.1) is 0 Å². The molecule has 2 heterocycles. The lowest BCUT2D eigenvalue weighted by atomic mass is 10.1. The summed E-state index contributed by atoms with van der Waals surface area (Å²) < 4.78 is 7.51. The van der Waals surface area contributed by atoms with Crippen molar-refractivity contribution < 1.29 is 4.42 Å². The molecule has 2 rings (SSSR count). The molecule has 6 heteroatoms. The Kier molecular flexibility index (Phi) is 4.29. The highest BCUT2D eigenvalue weighted by molar-refractivity contribution is 6.31. The van der Waals surface area contributed by atoms with Crippen LogP contribution >= 0.6 is 11.6 Å². The number of hydrogen-bond donors (Lipinski definition) is 2. The van der Waals surface area contributed by atoms with Crippen LogP contribution in [0.15, 0.2) is 16.5 Å². The third-order valence-electron chi connectivity index (χ3n) is 3.16. The zero-order valence-electron chi connectivity index (χ0n) is 11.4. The van der Waals surface area contributed by atoms with Crippen LogP contribution in [0.2, 0.25) is 5.02 Å². The first kappa shape index (κ1) is 14.1. The molecule has 0 saturated heterocycles. The Morgan fingerprint density at radius 1 is 1.47 bits per heavy atom. The molecule has 0 saturated carbocycles. The zero-order valence-corrected chi connectivity index (χ0v) is 12.2. The van der Waals surface area contributed by atoms with Gasteiger partial charge in [0, 0.05) is 13.0 Å². The normalized spacial score (nSPS) is 12.9. The van der Waals surface area contributed by atoms with Crippen molar-refractivity contribution in [3.8, 4) is 0 Å². The maximum atomic E-state index is 6.30. The zero-order chi connectivity index (χ0) is 14.0. The Bertz CT molecular complexity index is 561. The fourth-order valence-corrected chi connectivity index (χ4v) is 2.35. The fraction of sp³-hybridized carbons (Fsp3) is 0.462. The van der Waals surface area contributed by atoms with Gasteiger partial charge in [0.1, 0.15) is 11.5 Å². The van der Waals surface area contributed by atoms with Crippen LogP contribution in [0.1, 0.15) is 35.9 Å². The molecule has 2 aromatic rings. The molecule has 0 radical (unpaired) electrons. The van der Waals surface area contributed by atoms with Gasteiger partial charge >= 0.3 is 0 Å². The molecule has 0 aromatic carbocycles. The summed E-state index contributed by atoms with van der Waals surface area (Å²) in [5, 5.41) is 5.10. The number of aryl methyl sites for hydroxylation is 3. The Balaban J connectivity index is 2.28. The van der Waals surface area contributed by atoms with Crippen LogP contribution in [0.5, 0.6) is 0 Å². The number of nitrogens with one attached hydrogen (secondary N) is 1. The Hall–Kier alpha value is -1.30. The summed E-state index contributed by atoms with van der Waals surface area (Å²) in [6.07, 6.45) is 0.636. The number of halogens is 1. The van der Waals surface area contributed by atoms with Crippen molar-refractivity contribution in [3.63, 3.8) is 0 Å². The van der Waals surface area contributed by atoms with Crippen molar-refractivity contribution in [2.24, 2.45) is 5.84 Å².